The van der Waals surface area contributed by atoms with Crippen molar-refractivity contribution in [1.29, 1.82) is 0 Å². The second-order valence-corrected chi connectivity index (χ2v) is 8.46. The molecule has 174 valence electrons. The number of nitrogen functional groups attached to an aromatic ring is 1. The predicted octanol–water partition coefficient (Wildman–Crippen LogP) is 4.52. The number of halogens is 2. The zero-order chi connectivity index (χ0) is 24.7. The summed E-state index contributed by atoms with van der Waals surface area (Å²) in [7, 11) is 0. The lowest BCUT2D eigenvalue weighted by molar-refractivity contribution is 0.483. The fourth-order valence-electron chi connectivity index (χ4n) is 3.57. The maximum Gasteiger partial charge on any atom is 0.349 e. The third kappa shape index (κ3) is 4.34. The fraction of sp³-hybridized carbons (Fsp3) is 0.0417. The zero-order valence-electron chi connectivity index (χ0n) is 18.1. The quantitative estimate of drug-likeness (QED) is 0.366. The molecule has 3 heterocycles. The Labute approximate surface area is 207 Å². The van der Waals surface area contributed by atoms with E-state index in [9.17, 15) is 9.59 Å². The molecule has 0 amide bonds. The molecular formula is C24H16Cl2N6O3. The maximum absolute atomic E-state index is 12.1. The number of hydrogen-bond donors (Lipinski definition) is 2. The number of fused-ring (bicyclic) bond motifs is 1. The first-order valence-electron chi connectivity index (χ1n) is 10.3. The SMILES string of the molecule is Cc1cc(-c2cccnc2)nc2ccc(Oc3c(Cl)cc(-n4nc(N)c(=O)[nH]c4=O)cc3Cl)cc12. The van der Waals surface area contributed by atoms with Gasteiger partial charge in [-0.1, -0.05) is 23.2 Å². The fourth-order valence-corrected chi connectivity index (χ4v) is 4.12. The van der Waals surface area contributed by atoms with Crippen molar-refractivity contribution in [2.24, 2.45) is 0 Å². The normalized spacial score (nSPS) is 11.1. The van der Waals surface area contributed by atoms with Gasteiger partial charge in [0.25, 0.3) is 5.56 Å². The van der Waals surface area contributed by atoms with Crippen molar-refractivity contribution in [1.82, 2.24) is 24.7 Å². The zero-order valence-corrected chi connectivity index (χ0v) is 19.6. The Bertz CT molecular complexity index is 1690. The summed E-state index contributed by atoms with van der Waals surface area (Å²) in [4.78, 5) is 34.6. The van der Waals surface area contributed by atoms with Gasteiger partial charge in [0.15, 0.2) is 5.75 Å². The van der Waals surface area contributed by atoms with Crippen LogP contribution in [0.25, 0.3) is 27.8 Å². The summed E-state index contributed by atoms with van der Waals surface area (Å²) in [5, 5.41) is 4.95. The van der Waals surface area contributed by atoms with Gasteiger partial charge in [0.2, 0.25) is 5.82 Å². The number of anilines is 1. The van der Waals surface area contributed by atoms with Gasteiger partial charge in [-0.3, -0.25) is 14.8 Å². The van der Waals surface area contributed by atoms with Gasteiger partial charge in [0, 0.05) is 23.3 Å². The monoisotopic (exact) mass is 506 g/mol. The molecular weight excluding hydrogens is 491 g/mol. The molecule has 2 aromatic carbocycles. The Hall–Kier alpha value is -4.21. The number of rotatable bonds is 4. The number of benzene rings is 2. The molecule has 0 aliphatic heterocycles. The highest BCUT2D eigenvalue weighted by Gasteiger charge is 2.15. The smallest absolute Gasteiger partial charge is 0.349 e. The van der Waals surface area contributed by atoms with Crippen molar-refractivity contribution in [3.63, 3.8) is 0 Å². The van der Waals surface area contributed by atoms with E-state index in [1.807, 2.05) is 37.3 Å². The van der Waals surface area contributed by atoms with Crippen LogP contribution in [0.15, 0.2) is 70.5 Å². The molecule has 0 spiro atoms. The number of aryl methyl sites for hydroxylation is 1. The first-order valence-corrected chi connectivity index (χ1v) is 11.0. The van der Waals surface area contributed by atoms with Crippen molar-refractivity contribution in [3.05, 3.63) is 97.4 Å². The first-order chi connectivity index (χ1) is 16.8. The Morgan fingerprint density at radius 2 is 1.83 bits per heavy atom. The summed E-state index contributed by atoms with van der Waals surface area (Å²) >= 11 is 12.8. The lowest BCUT2D eigenvalue weighted by Gasteiger charge is -2.13. The van der Waals surface area contributed by atoms with Gasteiger partial charge in [-0.2, -0.15) is 4.68 Å². The van der Waals surface area contributed by atoms with E-state index in [1.165, 1.54) is 12.1 Å². The minimum Gasteiger partial charge on any atom is -0.454 e. The minimum absolute atomic E-state index is 0.132. The van der Waals surface area contributed by atoms with Crippen LogP contribution in [0.4, 0.5) is 5.82 Å². The lowest BCUT2D eigenvalue weighted by atomic mass is 10.1. The summed E-state index contributed by atoms with van der Waals surface area (Å²) in [6, 6.07) is 14.1. The van der Waals surface area contributed by atoms with Gasteiger partial charge in [0.05, 0.1) is 26.9 Å². The van der Waals surface area contributed by atoms with Crippen LogP contribution in [0.5, 0.6) is 11.5 Å². The average molecular weight is 507 g/mol. The van der Waals surface area contributed by atoms with Gasteiger partial charge in [-0.25, -0.2) is 9.78 Å². The standard InChI is InChI=1S/C24H16Cl2N6O3/c1-12-7-20(13-3-2-6-28-11-13)29-19-5-4-15(10-16(12)19)35-21-17(25)8-14(9-18(21)26)32-24(34)30-23(33)22(27)31-32/h2-11H,1H3,(H2,27,31)(H,30,33,34). The molecule has 0 aliphatic rings. The van der Waals surface area contributed by atoms with E-state index in [4.69, 9.17) is 38.7 Å². The molecule has 3 N–H and O–H groups in total. The van der Waals surface area contributed by atoms with Crippen molar-refractivity contribution >= 4 is 39.9 Å². The first kappa shape index (κ1) is 22.6. The Kier molecular flexibility index (Phi) is 5.72. The van der Waals surface area contributed by atoms with Crippen LogP contribution in [-0.2, 0) is 0 Å². The molecule has 0 saturated carbocycles. The van der Waals surface area contributed by atoms with E-state index in [0.717, 1.165) is 32.4 Å². The number of pyridine rings is 2. The van der Waals surface area contributed by atoms with Gasteiger partial charge < -0.3 is 10.5 Å². The highest BCUT2D eigenvalue weighted by molar-refractivity contribution is 6.37. The molecule has 9 nitrogen and oxygen atoms in total. The second-order valence-electron chi connectivity index (χ2n) is 7.64. The summed E-state index contributed by atoms with van der Waals surface area (Å²) in [6.07, 6.45) is 3.48. The van der Waals surface area contributed by atoms with Crippen LogP contribution >= 0.6 is 23.2 Å². The van der Waals surface area contributed by atoms with E-state index >= 15 is 0 Å². The molecule has 0 saturated heterocycles. The maximum atomic E-state index is 12.1. The molecule has 0 atom stereocenters. The highest BCUT2D eigenvalue weighted by atomic mass is 35.5. The van der Waals surface area contributed by atoms with Crippen LogP contribution in [0.2, 0.25) is 10.0 Å². The number of nitrogens with one attached hydrogen (secondary N) is 1. The number of aromatic amines is 1. The number of nitrogens with two attached hydrogens (primary N) is 1. The van der Waals surface area contributed by atoms with Gasteiger partial charge in [0.1, 0.15) is 5.75 Å². The number of nitrogens with zero attached hydrogens (tertiary/aromatic N) is 4. The van der Waals surface area contributed by atoms with Crippen LogP contribution in [0.3, 0.4) is 0 Å². The van der Waals surface area contributed by atoms with Crippen LogP contribution in [0, 0.1) is 6.92 Å². The van der Waals surface area contributed by atoms with E-state index in [-0.39, 0.29) is 27.3 Å². The van der Waals surface area contributed by atoms with Crippen molar-refractivity contribution in [2.75, 3.05) is 5.73 Å². The molecule has 5 aromatic rings. The summed E-state index contributed by atoms with van der Waals surface area (Å²) in [5.41, 5.74) is 7.72. The second kappa shape index (κ2) is 8.86. The highest BCUT2D eigenvalue weighted by Crippen LogP contribution is 2.39. The van der Waals surface area contributed by atoms with E-state index in [2.05, 4.69) is 15.1 Å². The summed E-state index contributed by atoms with van der Waals surface area (Å²) in [6.45, 7) is 1.99. The Morgan fingerprint density at radius 3 is 2.54 bits per heavy atom. The van der Waals surface area contributed by atoms with Gasteiger partial charge >= 0.3 is 5.69 Å². The number of hydrogen-bond acceptors (Lipinski definition) is 7. The van der Waals surface area contributed by atoms with Gasteiger partial charge in [-0.05, 0) is 61.0 Å². The molecule has 0 fully saturated rings. The molecule has 0 bridgehead atoms. The van der Waals surface area contributed by atoms with Gasteiger partial charge in [-0.15, -0.1) is 5.10 Å². The largest absolute Gasteiger partial charge is 0.454 e. The van der Waals surface area contributed by atoms with Crippen molar-refractivity contribution < 1.29 is 4.74 Å². The van der Waals surface area contributed by atoms with E-state index < -0.39 is 11.2 Å². The number of ether oxygens (including phenoxy) is 1. The van der Waals surface area contributed by atoms with E-state index in [1.54, 1.807) is 18.5 Å². The molecule has 0 radical (unpaired) electrons. The minimum atomic E-state index is -0.784. The van der Waals surface area contributed by atoms with Crippen molar-refractivity contribution in [2.45, 2.75) is 6.92 Å². The summed E-state index contributed by atoms with van der Waals surface area (Å²) in [5.74, 6) is 0.320. The molecule has 0 unspecified atom stereocenters. The number of H-pyrrole nitrogens is 1. The number of aromatic nitrogens is 5. The van der Waals surface area contributed by atoms with E-state index in [0.29, 0.717) is 5.75 Å². The Morgan fingerprint density at radius 1 is 1.06 bits per heavy atom. The third-order valence-electron chi connectivity index (χ3n) is 5.25. The van der Waals surface area contributed by atoms with Crippen LogP contribution in [-0.4, -0.2) is 24.7 Å². The van der Waals surface area contributed by atoms with Crippen molar-refractivity contribution in [3.8, 4) is 28.4 Å². The molecule has 35 heavy (non-hydrogen) atoms. The summed E-state index contributed by atoms with van der Waals surface area (Å²) < 4.78 is 6.88. The predicted molar refractivity (Wildman–Crippen MR) is 135 cm³/mol. The molecule has 11 heteroatoms. The Balaban J connectivity index is 1.50. The van der Waals surface area contributed by atoms with Crippen LogP contribution in [0.1, 0.15) is 5.56 Å². The molecule has 3 aromatic heterocycles. The topological polar surface area (TPSA) is 129 Å². The molecule has 5 rings (SSSR count). The van der Waals surface area contributed by atoms with Crippen LogP contribution < -0.4 is 21.7 Å². The third-order valence-corrected chi connectivity index (χ3v) is 5.81. The lowest BCUT2D eigenvalue weighted by Crippen LogP contribution is -2.33. The molecule has 0 aliphatic carbocycles. The average Bonchev–Trinajstić information content (AvgIpc) is 2.84.